The number of halogens is 3. The van der Waals surface area contributed by atoms with Crippen LogP contribution in [0.1, 0.15) is 22.7 Å². The van der Waals surface area contributed by atoms with Gasteiger partial charge in [0, 0.05) is 24.7 Å². The molecule has 1 aliphatic heterocycles. The van der Waals surface area contributed by atoms with E-state index in [0.29, 0.717) is 14.4 Å². The maximum atomic E-state index is 14.0. The molecule has 5 rings (SSSR count). The number of fused-ring (bicyclic) bond motifs is 2. The van der Waals surface area contributed by atoms with Crippen molar-refractivity contribution in [2.45, 2.75) is 29.8 Å². The molecule has 2 atom stereocenters. The van der Waals surface area contributed by atoms with Gasteiger partial charge < -0.3 is 15.3 Å². The first-order valence-corrected chi connectivity index (χ1v) is 14.2. The molecule has 4 aromatic rings. The van der Waals surface area contributed by atoms with E-state index in [1.807, 2.05) is 24.3 Å². The largest absolute Gasteiger partial charge is 0.480 e. The Balaban J connectivity index is 1.86. The summed E-state index contributed by atoms with van der Waals surface area (Å²) in [4.78, 5) is 25.8. The molecule has 0 saturated heterocycles. The van der Waals surface area contributed by atoms with Crippen molar-refractivity contribution in [3.63, 3.8) is 0 Å². The van der Waals surface area contributed by atoms with E-state index < -0.39 is 70.2 Å². The molecule has 1 unspecified atom stereocenters. The number of hydrogen-bond donors (Lipinski definition) is 3. The van der Waals surface area contributed by atoms with E-state index in [1.165, 1.54) is 6.07 Å². The Morgan fingerprint density at radius 1 is 1.00 bits per heavy atom. The normalized spacial score (nSPS) is 17.6. The van der Waals surface area contributed by atoms with Crippen LogP contribution in [-0.4, -0.2) is 64.4 Å². The maximum absolute atomic E-state index is 14.0. The number of nitrogens with zero attached hydrogens (tertiary/aromatic N) is 2. The van der Waals surface area contributed by atoms with Crippen molar-refractivity contribution < 1.29 is 41.7 Å². The minimum atomic E-state index is -4.78. The third kappa shape index (κ3) is 5.31. The van der Waals surface area contributed by atoms with Gasteiger partial charge in [0.25, 0.3) is 15.6 Å². The van der Waals surface area contributed by atoms with Crippen molar-refractivity contribution in [2.75, 3.05) is 19.7 Å². The van der Waals surface area contributed by atoms with Crippen LogP contribution in [0.2, 0.25) is 0 Å². The highest BCUT2D eigenvalue weighted by atomic mass is 32.2. The maximum Gasteiger partial charge on any atom is 0.416 e. The van der Waals surface area contributed by atoms with Crippen LogP contribution in [0.4, 0.5) is 13.2 Å². The standard InChI is InChI=1S/C29H25F3N2O7S/c30-29(31,32)21-9-4-8-19(12-21)26-20(11-18-7-3-6-17-5-1-2-10-23(17)18)13-25(37)34-24(28(38)39)15-33(14-22(36)16-35)42(40,41)27(26)34/h1-10,12-13,22,24,35-36H,11,14-16H2,(H,38,39)/t22-,24?/m1/s1. The van der Waals surface area contributed by atoms with Gasteiger partial charge in [0.1, 0.15) is 6.04 Å². The number of β-amino-alcohol motifs (C(OH)–C–C–N with tert-alkyl or cyclic N) is 1. The Morgan fingerprint density at radius 3 is 2.38 bits per heavy atom. The molecule has 3 aromatic carbocycles. The number of carboxylic acid groups (broad SMARTS) is 1. The number of aromatic nitrogens is 1. The van der Waals surface area contributed by atoms with Crippen molar-refractivity contribution in [3.8, 4) is 11.1 Å². The summed E-state index contributed by atoms with van der Waals surface area (Å²) in [5, 5.41) is 30.2. The van der Waals surface area contributed by atoms with Gasteiger partial charge in [0.2, 0.25) is 0 Å². The number of aliphatic hydroxyl groups is 2. The molecule has 13 heteroatoms. The number of alkyl halides is 3. The number of carboxylic acids is 1. The molecule has 220 valence electrons. The van der Waals surface area contributed by atoms with Crippen LogP contribution >= 0.6 is 0 Å². The van der Waals surface area contributed by atoms with Crippen molar-refractivity contribution in [1.29, 1.82) is 0 Å². The van der Waals surface area contributed by atoms with E-state index in [2.05, 4.69) is 0 Å². The monoisotopic (exact) mass is 602 g/mol. The second-order valence-electron chi connectivity index (χ2n) is 9.96. The van der Waals surface area contributed by atoms with Crippen LogP contribution in [0.3, 0.4) is 0 Å². The number of pyridine rings is 1. The number of sulfonamides is 1. The minimum absolute atomic E-state index is 0.0669. The molecule has 0 amide bonds. The molecule has 0 radical (unpaired) electrons. The highest BCUT2D eigenvalue weighted by molar-refractivity contribution is 7.89. The first-order chi connectivity index (χ1) is 19.8. The third-order valence-corrected chi connectivity index (χ3v) is 9.08. The summed E-state index contributed by atoms with van der Waals surface area (Å²) in [5.74, 6) is -1.56. The number of rotatable bonds is 7. The lowest BCUT2D eigenvalue weighted by molar-refractivity contribution is -0.142. The van der Waals surface area contributed by atoms with Crippen molar-refractivity contribution in [2.24, 2.45) is 0 Å². The van der Waals surface area contributed by atoms with Gasteiger partial charge in [-0.05, 0) is 46.0 Å². The summed E-state index contributed by atoms with van der Waals surface area (Å²) >= 11 is 0. The Kier molecular flexibility index (Phi) is 7.70. The van der Waals surface area contributed by atoms with E-state index in [4.69, 9.17) is 0 Å². The fourth-order valence-corrected chi connectivity index (χ4v) is 7.22. The van der Waals surface area contributed by atoms with Gasteiger partial charge in [-0.15, -0.1) is 0 Å². The average Bonchev–Trinajstić information content (AvgIpc) is 2.94. The quantitative estimate of drug-likeness (QED) is 0.295. The van der Waals surface area contributed by atoms with E-state index in [-0.39, 0.29) is 23.1 Å². The molecule has 9 nitrogen and oxygen atoms in total. The van der Waals surface area contributed by atoms with E-state index >= 15 is 0 Å². The highest BCUT2D eigenvalue weighted by Gasteiger charge is 2.44. The Bertz CT molecular complexity index is 1850. The van der Waals surface area contributed by atoms with Gasteiger partial charge in [-0.2, -0.15) is 17.5 Å². The van der Waals surface area contributed by atoms with Gasteiger partial charge in [0.15, 0.2) is 5.03 Å². The summed E-state index contributed by atoms with van der Waals surface area (Å²) < 4.78 is 70.5. The lowest BCUT2D eigenvalue weighted by atomic mass is 9.93. The van der Waals surface area contributed by atoms with Crippen LogP contribution in [0.5, 0.6) is 0 Å². The number of benzene rings is 3. The molecule has 0 bridgehead atoms. The van der Waals surface area contributed by atoms with Crippen LogP contribution in [0.15, 0.2) is 82.6 Å². The van der Waals surface area contributed by atoms with Crippen molar-refractivity contribution >= 4 is 26.8 Å². The number of carbonyl (C=O) groups is 1. The van der Waals surface area contributed by atoms with E-state index in [0.717, 1.165) is 35.0 Å². The molecule has 0 fully saturated rings. The second kappa shape index (κ2) is 11.0. The summed E-state index contributed by atoms with van der Waals surface area (Å²) in [6, 6.07) is 15.8. The summed E-state index contributed by atoms with van der Waals surface area (Å²) in [6.07, 6.45) is -6.43. The molecule has 1 aliphatic rings. The predicted octanol–water partition coefficient (Wildman–Crippen LogP) is 3.26. The second-order valence-corrected chi connectivity index (χ2v) is 11.8. The Labute approximate surface area is 237 Å². The summed E-state index contributed by atoms with van der Waals surface area (Å²) in [5.41, 5.74) is -1.77. The molecule has 3 N–H and O–H groups in total. The SMILES string of the molecule is O=C(O)C1CN(C[C@@H](O)CO)S(=O)(=O)c2c(-c3cccc(C(F)(F)F)c3)c(Cc3cccc4ccccc34)cc(=O)n21. The molecule has 0 spiro atoms. The smallest absolute Gasteiger partial charge is 0.416 e. The van der Waals surface area contributed by atoms with E-state index in [1.54, 1.807) is 18.2 Å². The fourth-order valence-electron chi connectivity index (χ4n) is 5.30. The Hall–Kier alpha value is -4.04. The molecule has 0 aliphatic carbocycles. The number of hydrogen-bond acceptors (Lipinski definition) is 6. The van der Waals surface area contributed by atoms with E-state index in [9.17, 15) is 46.5 Å². The molecule has 42 heavy (non-hydrogen) atoms. The van der Waals surface area contributed by atoms with Gasteiger partial charge in [-0.3, -0.25) is 9.36 Å². The van der Waals surface area contributed by atoms with Gasteiger partial charge >= 0.3 is 12.1 Å². The van der Waals surface area contributed by atoms with Gasteiger partial charge in [-0.25, -0.2) is 13.2 Å². The third-order valence-electron chi connectivity index (χ3n) is 7.21. The molecule has 1 aromatic heterocycles. The van der Waals surface area contributed by atoms with Crippen LogP contribution < -0.4 is 5.56 Å². The lowest BCUT2D eigenvalue weighted by Crippen LogP contribution is -2.51. The molecule has 2 heterocycles. The molecular formula is C29H25F3N2O7S. The van der Waals surface area contributed by atoms with Gasteiger partial charge in [0.05, 0.1) is 18.3 Å². The number of aliphatic hydroxyl groups excluding tert-OH is 2. The Morgan fingerprint density at radius 2 is 1.69 bits per heavy atom. The first-order valence-electron chi connectivity index (χ1n) is 12.8. The minimum Gasteiger partial charge on any atom is -0.480 e. The van der Waals surface area contributed by atoms with Crippen LogP contribution in [0.25, 0.3) is 21.9 Å². The van der Waals surface area contributed by atoms with Crippen LogP contribution in [0, 0.1) is 0 Å². The highest BCUT2D eigenvalue weighted by Crippen LogP contribution is 2.40. The summed E-state index contributed by atoms with van der Waals surface area (Å²) in [7, 11) is -4.78. The molecular weight excluding hydrogens is 577 g/mol. The first kappa shape index (κ1) is 29.5. The fraction of sp³-hybridized carbons (Fsp3) is 0.241. The number of aliphatic carboxylic acids is 1. The summed E-state index contributed by atoms with van der Waals surface area (Å²) in [6.45, 7) is -2.28. The lowest BCUT2D eigenvalue weighted by Gasteiger charge is -2.35. The average molecular weight is 603 g/mol. The zero-order chi connectivity index (χ0) is 30.4. The van der Waals surface area contributed by atoms with Crippen molar-refractivity contribution in [1.82, 2.24) is 8.87 Å². The topological polar surface area (TPSA) is 137 Å². The van der Waals surface area contributed by atoms with Crippen molar-refractivity contribution in [3.05, 3.63) is 99.8 Å². The van der Waals surface area contributed by atoms with Gasteiger partial charge in [-0.1, -0.05) is 54.6 Å². The zero-order valence-corrected chi connectivity index (χ0v) is 22.6. The predicted molar refractivity (Wildman–Crippen MR) is 146 cm³/mol. The van der Waals surface area contributed by atoms with Crippen LogP contribution in [-0.2, 0) is 27.4 Å². The molecule has 0 saturated carbocycles. The zero-order valence-electron chi connectivity index (χ0n) is 21.8.